The maximum atomic E-state index is 13.5. The quantitative estimate of drug-likeness (QED) is 0.446. The first-order valence-corrected chi connectivity index (χ1v) is 10.7. The number of carbonyl (C=O) groups is 2. The van der Waals surface area contributed by atoms with Crippen LogP contribution in [0.3, 0.4) is 0 Å². The lowest BCUT2D eigenvalue weighted by molar-refractivity contribution is -0.117. The fourth-order valence-corrected chi connectivity index (χ4v) is 3.99. The average molecular weight is 471 g/mol. The van der Waals surface area contributed by atoms with Gasteiger partial charge < -0.3 is 10.1 Å². The van der Waals surface area contributed by atoms with E-state index in [-0.39, 0.29) is 29.0 Å². The van der Waals surface area contributed by atoms with E-state index in [1.165, 1.54) is 31.5 Å². The van der Waals surface area contributed by atoms with E-state index in [1.54, 1.807) is 18.2 Å². The molecule has 2 atom stereocenters. The Labute approximate surface area is 194 Å². The van der Waals surface area contributed by atoms with Gasteiger partial charge in [0.25, 0.3) is 5.92 Å². The van der Waals surface area contributed by atoms with Crippen LogP contribution in [0.2, 0.25) is 5.02 Å². The number of hydrogen-bond donors (Lipinski definition) is 1. The monoisotopic (exact) mass is 470 g/mol. The van der Waals surface area contributed by atoms with E-state index in [0.29, 0.717) is 28.3 Å². The molecule has 4 rings (SSSR count). The zero-order valence-electron chi connectivity index (χ0n) is 17.9. The summed E-state index contributed by atoms with van der Waals surface area (Å²) in [7, 11) is 1.25. The van der Waals surface area contributed by atoms with Crippen molar-refractivity contribution in [1.29, 1.82) is 0 Å². The zero-order chi connectivity index (χ0) is 23.8. The summed E-state index contributed by atoms with van der Waals surface area (Å²) in [5.41, 5.74) is 2.21. The summed E-state index contributed by atoms with van der Waals surface area (Å²) in [6.07, 6.45) is 2.00. The van der Waals surface area contributed by atoms with Gasteiger partial charge in [0, 0.05) is 35.3 Å². The van der Waals surface area contributed by atoms with Crippen LogP contribution >= 0.6 is 11.6 Å². The van der Waals surface area contributed by atoms with Gasteiger partial charge in [-0.1, -0.05) is 35.9 Å². The van der Waals surface area contributed by atoms with Crippen molar-refractivity contribution in [3.05, 3.63) is 82.6 Å². The van der Waals surface area contributed by atoms with Gasteiger partial charge in [-0.15, -0.1) is 0 Å². The molecule has 170 valence electrons. The van der Waals surface area contributed by atoms with Crippen LogP contribution in [0.1, 0.15) is 40.9 Å². The van der Waals surface area contributed by atoms with Crippen LogP contribution < -0.4 is 5.32 Å². The van der Waals surface area contributed by atoms with E-state index in [2.05, 4.69) is 10.3 Å². The molecule has 0 saturated heterocycles. The van der Waals surface area contributed by atoms with Crippen LogP contribution in [-0.4, -0.2) is 24.0 Å². The summed E-state index contributed by atoms with van der Waals surface area (Å²) in [4.78, 5) is 29.0. The largest absolute Gasteiger partial charge is 0.465 e. The van der Waals surface area contributed by atoms with Gasteiger partial charge in [-0.2, -0.15) is 8.78 Å². The molecule has 1 amide bonds. The minimum Gasteiger partial charge on any atom is -0.465 e. The van der Waals surface area contributed by atoms with Crippen LogP contribution in [0.25, 0.3) is 11.1 Å². The maximum absolute atomic E-state index is 13.5. The highest BCUT2D eigenvalue weighted by molar-refractivity contribution is 6.30. The molecule has 1 fully saturated rings. The minimum absolute atomic E-state index is 0.101. The van der Waals surface area contributed by atoms with Gasteiger partial charge in [0.1, 0.15) is 5.69 Å². The van der Waals surface area contributed by atoms with Gasteiger partial charge in [-0.25, -0.2) is 4.79 Å². The molecule has 3 aromatic rings. The number of amides is 1. The fourth-order valence-electron chi connectivity index (χ4n) is 3.79. The van der Waals surface area contributed by atoms with Crippen LogP contribution in [0.15, 0.2) is 60.8 Å². The number of methoxy groups -OCH3 is 1. The van der Waals surface area contributed by atoms with Crippen molar-refractivity contribution in [2.24, 2.45) is 5.92 Å². The van der Waals surface area contributed by atoms with E-state index in [1.807, 2.05) is 18.2 Å². The number of benzene rings is 2. The number of nitrogens with zero attached hydrogens (tertiary/aromatic N) is 1. The number of anilines is 1. The van der Waals surface area contributed by atoms with Crippen molar-refractivity contribution in [3.63, 3.8) is 0 Å². The van der Waals surface area contributed by atoms with Crippen LogP contribution in [0.5, 0.6) is 0 Å². The van der Waals surface area contributed by atoms with Gasteiger partial charge in [0.2, 0.25) is 5.91 Å². The van der Waals surface area contributed by atoms with Crippen LogP contribution in [-0.2, 0) is 15.5 Å². The third kappa shape index (κ3) is 5.03. The third-order valence-electron chi connectivity index (χ3n) is 5.62. The Morgan fingerprint density at radius 3 is 2.58 bits per heavy atom. The Bertz CT molecular complexity index is 1210. The van der Waals surface area contributed by atoms with E-state index in [0.717, 1.165) is 12.5 Å². The molecule has 1 heterocycles. The molecule has 0 aliphatic heterocycles. The minimum atomic E-state index is -3.07. The van der Waals surface area contributed by atoms with Crippen molar-refractivity contribution in [1.82, 2.24) is 4.98 Å². The normalized spacial score (nSPS) is 17.4. The summed E-state index contributed by atoms with van der Waals surface area (Å²) in [6, 6.07) is 14.9. The number of ether oxygens (including phenoxy) is 1. The molecule has 1 aliphatic rings. The molecule has 1 N–H and O–H groups in total. The van der Waals surface area contributed by atoms with E-state index in [4.69, 9.17) is 16.3 Å². The maximum Gasteiger partial charge on any atom is 0.338 e. The number of esters is 1. The van der Waals surface area contributed by atoms with Crippen molar-refractivity contribution in [2.45, 2.75) is 25.2 Å². The molecule has 0 radical (unpaired) electrons. The molecular weight excluding hydrogens is 450 g/mol. The molecule has 1 aliphatic carbocycles. The number of alkyl halides is 2. The fraction of sp³-hybridized carbons (Fsp3) is 0.240. The number of hydrogen-bond acceptors (Lipinski definition) is 4. The summed E-state index contributed by atoms with van der Waals surface area (Å²) < 4.78 is 31.8. The smallest absolute Gasteiger partial charge is 0.338 e. The topological polar surface area (TPSA) is 68.3 Å². The first kappa shape index (κ1) is 22.9. The predicted octanol–water partition coefficient (Wildman–Crippen LogP) is 6.04. The van der Waals surface area contributed by atoms with Crippen molar-refractivity contribution < 1.29 is 23.1 Å². The van der Waals surface area contributed by atoms with Crippen LogP contribution in [0.4, 0.5) is 14.5 Å². The number of nitrogens with one attached hydrogen (secondary N) is 1. The Kier molecular flexibility index (Phi) is 6.17. The molecule has 1 aromatic heterocycles. The molecule has 5 nitrogen and oxygen atoms in total. The summed E-state index contributed by atoms with van der Waals surface area (Å²) >= 11 is 6.04. The summed E-state index contributed by atoms with van der Waals surface area (Å²) in [5.74, 6) is -3.92. The lowest BCUT2D eigenvalue weighted by Crippen LogP contribution is -2.15. The Balaban J connectivity index is 1.54. The number of halogens is 3. The predicted molar refractivity (Wildman–Crippen MR) is 122 cm³/mol. The van der Waals surface area contributed by atoms with Gasteiger partial charge in [-0.3, -0.25) is 9.78 Å². The van der Waals surface area contributed by atoms with Crippen molar-refractivity contribution in [3.8, 4) is 11.1 Å². The van der Waals surface area contributed by atoms with E-state index in [9.17, 15) is 18.4 Å². The molecule has 0 spiro atoms. The molecule has 8 heteroatoms. The second-order valence-electron chi connectivity index (χ2n) is 8.07. The van der Waals surface area contributed by atoms with E-state index >= 15 is 0 Å². The van der Waals surface area contributed by atoms with Gasteiger partial charge in [0.15, 0.2) is 0 Å². The number of rotatable bonds is 6. The Hall–Kier alpha value is -3.32. The van der Waals surface area contributed by atoms with Gasteiger partial charge in [0.05, 0.1) is 12.7 Å². The Morgan fingerprint density at radius 1 is 1.15 bits per heavy atom. The van der Waals surface area contributed by atoms with Gasteiger partial charge >= 0.3 is 5.97 Å². The highest BCUT2D eigenvalue weighted by atomic mass is 35.5. The number of carbonyl (C=O) groups excluding carboxylic acids is 2. The molecule has 33 heavy (non-hydrogen) atoms. The highest BCUT2D eigenvalue weighted by Gasteiger charge is 2.44. The van der Waals surface area contributed by atoms with Crippen molar-refractivity contribution in [2.75, 3.05) is 12.4 Å². The standard InChI is InChI=1S/C25H21ClF2N2O3/c1-25(27,28)22-9-6-15(13-29-22)18-8-7-17(11-21(18)24(32)33-2)30-23(31)20-12-19(20)14-4-3-5-16(26)10-14/h3-11,13,19-20H,12H2,1-2H3,(H,30,31). The first-order chi connectivity index (χ1) is 15.7. The second kappa shape index (κ2) is 8.90. The molecule has 2 unspecified atom stereocenters. The third-order valence-corrected chi connectivity index (χ3v) is 5.86. The van der Waals surface area contributed by atoms with E-state index < -0.39 is 11.9 Å². The molecule has 1 saturated carbocycles. The second-order valence-corrected chi connectivity index (χ2v) is 8.50. The summed E-state index contributed by atoms with van der Waals surface area (Å²) in [6.45, 7) is 0.767. The number of aromatic nitrogens is 1. The lowest BCUT2D eigenvalue weighted by Gasteiger charge is -2.13. The molecule has 0 bridgehead atoms. The number of pyridine rings is 1. The first-order valence-electron chi connectivity index (χ1n) is 10.3. The molecular formula is C25H21ClF2N2O3. The lowest BCUT2D eigenvalue weighted by atomic mass is 9.99. The van der Waals surface area contributed by atoms with Gasteiger partial charge in [-0.05, 0) is 53.8 Å². The van der Waals surface area contributed by atoms with Crippen LogP contribution in [0, 0.1) is 5.92 Å². The summed E-state index contributed by atoms with van der Waals surface area (Å²) in [5, 5.41) is 3.48. The van der Waals surface area contributed by atoms with Crippen molar-refractivity contribution >= 4 is 29.2 Å². The average Bonchev–Trinajstić information content (AvgIpc) is 3.59. The Morgan fingerprint density at radius 2 is 1.94 bits per heavy atom. The SMILES string of the molecule is COC(=O)c1cc(NC(=O)C2CC2c2cccc(Cl)c2)ccc1-c1ccc(C(C)(F)F)nc1. The highest BCUT2D eigenvalue weighted by Crippen LogP contribution is 2.48. The molecule has 2 aromatic carbocycles. The zero-order valence-corrected chi connectivity index (χ0v) is 18.7.